The largest absolute Gasteiger partial charge is 0.468 e. The number of amides is 2. The number of hydrogen-bond acceptors (Lipinski definition) is 3. The van der Waals surface area contributed by atoms with Gasteiger partial charge in [-0.15, -0.1) is 6.58 Å². The zero-order valence-corrected chi connectivity index (χ0v) is 9.83. The predicted octanol–water partition coefficient (Wildman–Crippen LogP) is 2.33. The van der Waals surface area contributed by atoms with Gasteiger partial charge in [-0.1, -0.05) is 6.08 Å². The van der Waals surface area contributed by atoms with Crippen LogP contribution in [0.25, 0.3) is 0 Å². The summed E-state index contributed by atoms with van der Waals surface area (Å²) in [6, 6.07) is 2.15. The van der Waals surface area contributed by atoms with Crippen molar-refractivity contribution >= 4 is 11.7 Å². The van der Waals surface area contributed by atoms with Gasteiger partial charge in [0.1, 0.15) is 0 Å². The van der Waals surface area contributed by atoms with E-state index in [1.165, 1.54) is 24.4 Å². The van der Waals surface area contributed by atoms with Crippen LogP contribution in [0.15, 0.2) is 31.0 Å². The van der Waals surface area contributed by atoms with Crippen LogP contribution >= 0.6 is 0 Å². The zero-order chi connectivity index (χ0) is 14.3. The molecule has 0 radical (unpaired) electrons. The lowest BCUT2D eigenvalue weighted by Gasteiger charge is -2.09. The molecule has 19 heavy (non-hydrogen) atoms. The number of nitrogens with zero attached hydrogens (tertiary/aromatic N) is 1. The van der Waals surface area contributed by atoms with Crippen LogP contribution in [0.4, 0.5) is 23.7 Å². The van der Waals surface area contributed by atoms with Crippen LogP contribution in [0.3, 0.4) is 0 Å². The topological polar surface area (TPSA) is 63.2 Å². The Morgan fingerprint density at radius 2 is 2.21 bits per heavy atom. The van der Waals surface area contributed by atoms with Gasteiger partial charge in [-0.05, 0) is 6.07 Å². The third-order valence-corrected chi connectivity index (χ3v) is 1.78. The average Bonchev–Trinajstić information content (AvgIpc) is 2.34. The van der Waals surface area contributed by atoms with Gasteiger partial charge >= 0.3 is 12.2 Å². The van der Waals surface area contributed by atoms with Crippen LogP contribution in [0.2, 0.25) is 0 Å². The molecule has 0 aliphatic carbocycles. The summed E-state index contributed by atoms with van der Waals surface area (Å²) < 4.78 is 40.1. The second-order valence-corrected chi connectivity index (χ2v) is 3.41. The molecule has 0 bridgehead atoms. The number of nitrogens with one attached hydrogen (secondary N) is 2. The lowest BCUT2D eigenvalue weighted by molar-refractivity contribution is -0.154. The Bertz CT molecular complexity index is 432. The molecular weight excluding hydrogens is 263 g/mol. The number of ether oxygens (including phenoxy) is 1. The molecule has 1 aromatic rings. The van der Waals surface area contributed by atoms with Crippen LogP contribution in [-0.2, 0) is 0 Å². The summed E-state index contributed by atoms with van der Waals surface area (Å²) in [7, 11) is 0. The lowest BCUT2D eigenvalue weighted by atomic mass is 10.4. The molecule has 104 valence electrons. The normalized spacial score (nSPS) is 10.7. The Kier molecular flexibility index (Phi) is 5.16. The molecule has 0 saturated heterocycles. The number of pyridine rings is 1. The lowest BCUT2D eigenvalue weighted by Crippen LogP contribution is -2.28. The first-order valence-electron chi connectivity index (χ1n) is 5.22. The predicted molar refractivity (Wildman–Crippen MR) is 63.0 cm³/mol. The van der Waals surface area contributed by atoms with Gasteiger partial charge < -0.3 is 15.4 Å². The molecular formula is C11H12F3N3O2. The Balaban J connectivity index is 2.47. The van der Waals surface area contributed by atoms with Crippen molar-refractivity contribution in [2.75, 3.05) is 18.5 Å². The quantitative estimate of drug-likeness (QED) is 0.811. The standard InChI is InChI=1S/C11H12F3N3O2/c1-2-5-15-10(18)17-8-3-4-9(16-6-8)19-7-11(12,13)14/h2-4,6H,1,5,7H2,(H2,15,17,18). The second kappa shape index (κ2) is 6.62. The van der Waals surface area contributed by atoms with Gasteiger partial charge in [0.2, 0.25) is 5.88 Å². The third kappa shape index (κ3) is 6.29. The van der Waals surface area contributed by atoms with Crippen molar-refractivity contribution in [2.24, 2.45) is 0 Å². The van der Waals surface area contributed by atoms with Crippen molar-refractivity contribution in [1.29, 1.82) is 0 Å². The molecule has 1 aromatic heterocycles. The highest BCUT2D eigenvalue weighted by Crippen LogP contribution is 2.17. The first kappa shape index (κ1) is 14.8. The minimum Gasteiger partial charge on any atom is -0.468 e. The molecule has 0 atom stereocenters. The molecule has 0 aliphatic rings. The number of carbonyl (C=O) groups excluding carboxylic acids is 1. The van der Waals surface area contributed by atoms with Gasteiger partial charge in [0.25, 0.3) is 0 Å². The molecule has 1 heterocycles. The van der Waals surface area contributed by atoms with E-state index in [1.54, 1.807) is 0 Å². The Morgan fingerprint density at radius 3 is 2.74 bits per heavy atom. The molecule has 8 heteroatoms. The minimum atomic E-state index is -4.41. The summed E-state index contributed by atoms with van der Waals surface area (Å²) in [5.41, 5.74) is 0.334. The molecule has 0 aromatic carbocycles. The van der Waals surface area contributed by atoms with E-state index in [0.29, 0.717) is 12.2 Å². The number of halogens is 3. The van der Waals surface area contributed by atoms with Gasteiger partial charge in [0.15, 0.2) is 6.61 Å². The fraction of sp³-hybridized carbons (Fsp3) is 0.273. The first-order chi connectivity index (χ1) is 8.90. The van der Waals surface area contributed by atoms with E-state index >= 15 is 0 Å². The summed E-state index contributed by atoms with van der Waals surface area (Å²) in [5, 5.41) is 4.90. The Labute approximate surface area is 107 Å². The highest BCUT2D eigenvalue weighted by molar-refractivity contribution is 5.89. The molecule has 5 nitrogen and oxygen atoms in total. The SMILES string of the molecule is C=CCNC(=O)Nc1ccc(OCC(F)(F)F)nc1. The maximum absolute atomic E-state index is 11.9. The maximum atomic E-state index is 11.9. The van der Waals surface area contributed by atoms with E-state index in [9.17, 15) is 18.0 Å². The zero-order valence-electron chi connectivity index (χ0n) is 9.83. The van der Waals surface area contributed by atoms with Crippen molar-refractivity contribution in [3.63, 3.8) is 0 Å². The summed E-state index contributed by atoms with van der Waals surface area (Å²) in [4.78, 5) is 14.9. The van der Waals surface area contributed by atoms with Crippen LogP contribution < -0.4 is 15.4 Å². The number of carbonyl (C=O) groups is 1. The van der Waals surface area contributed by atoms with Crippen LogP contribution in [-0.4, -0.2) is 30.3 Å². The maximum Gasteiger partial charge on any atom is 0.422 e. The smallest absolute Gasteiger partial charge is 0.422 e. The highest BCUT2D eigenvalue weighted by atomic mass is 19.4. The number of hydrogen-bond donors (Lipinski definition) is 2. The second-order valence-electron chi connectivity index (χ2n) is 3.41. The molecule has 0 unspecified atom stereocenters. The van der Waals surface area contributed by atoms with E-state index in [4.69, 9.17) is 0 Å². The van der Waals surface area contributed by atoms with Crippen molar-refractivity contribution in [1.82, 2.24) is 10.3 Å². The average molecular weight is 275 g/mol. The fourth-order valence-electron chi connectivity index (χ4n) is 1.04. The summed E-state index contributed by atoms with van der Waals surface area (Å²) in [6.45, 7) is 2.32. The van der Waals surface area contributed by atoms with Gasteiger partial charge in [-0.3, -0.25) is 0 Å². The van der Waals surface area contributed by atoms with Crippen LogP contribution in [0.5, 0.6) is 5.88 Å². The molecule has 1 rings (SSSR count). The van der Waals surface area contributed by atoms with Crippen molar-refractivity contribution < 1.29 is 22.7 Å². The number of anilines is 1. The van der Waals surface area contributed by atoms with E-state index in [1.807, 2.05) is 0 Å². The van der Waals surface area contributed by atoms with Crippen molar-refractivity contribution in [3.8, 4) is 5.88 Å². The third-order valence-electron chi connectivity index (χ3n) is 1.78. The number of alkyl halides is 3. The molecule has 0 aliphatic heterocycles. The van der Waals surface area contributed by atoms with Crippen molar-refractivity contribution in [3.05, 3.63) is 31.0 Å². The Hall–Kier alpha value is -2.25. The van der Waals surface area contributed by atoms with Gasteiger partial charge in [0.05, 0.1) is 11.9 Å². The fourth-order valence-corrected chi connectivity index (χ4v) is 1.04. The molecule has 0 spiro atoms. The van der Waals surface area contributed by atoms with Crippen LogP contribution in [0.1, 0.15) is 0 Å². The highest BCUT2D eigenvalue weighted by Gasteiger charge is 2.28. The van der Waals surface area contributed by atoms with E-state index in [0.717, 1.165) is 0 Å². The molecule has 0 fully saturated rings. The molecule has 2 amide bonds. The monoisotopic (exact) mass is 275 g/mol. The number of rotatable bonds is 5. The summed E-state index contributed by atoms with van der Waals surface area (Å²) in [6.07, 6.45) is -1.71. The van der Waals surface area contributed by atoms with Gasteiger partial charge in [0, 0.05) is 12.6 Å². The Morgan fingerprint density at radius 1 is 1.47 bits per heavy atom. The van der Waals surface area contributed by atoms with E-state index in [-0.39, 0.29) is 5.88 Å². The summed E-state index contributed by atoms with van der Waals surface area (Å²) in [5.74, 6) is -0.172. The number of urea groups is 1. The van der Waals surface area contributed by atoms with E-state index in [2.05, 4.69) is 26.9 Å². The first-order valence-corrected chi connectivity index (χ1v) is 5.22. The number of aromatic nitrogens is 1. The van der Waals surface area contributed by atoms with Gasteiger partial charge in [-0.25, -0.2) is 9.78 Å². The van der Waals surface area contributed by atoms with E-state index < -0.39 is 18.8 Å². The molecule has 2 N–H and O–H groups in total. The molecule has 0 saturated carbocycles. The summed E-state index contributed by atoms with van der Waals surface area (Å²) >= 11 is 0. The minimum absolute atomic E-state index is 0.172. The van der Waals surface area contributed by atoms with Crippen molar-refractivity contribution in [2.45, 2.75) is 6.18 Å². The van der Waals surface area contributed by atoms with Gasteiger partial charge in [-0.2, -0.15) is 13.2 Å². The van der Waals surface area contributed by atoms with Crippen LogP contribution in [0, 0.1) is 0 Å².